The Balaban J connectivity index is 2.03. The molecule has 0 aliphatic carbocycles. The van der Waals surface area contributed by atoms with E-state index in [4.69, 9.17) is 4.84 Å². The lowest BCUT2D eigenvalue weighted by atomic mass is 10.2. The van der Waals surface area contributed by atoms with Crippen molar-refractivity contribution in [1.82, 2.24) is 9.55 Å². The van der Waals surface area contributed by atoms with Gasteiger partial charge >= 0.3 is 5.97 Å². The first-order chi connectivity index (χ1) is 8.68. The second-order valence-electron chi connectivity index (χ2n) is 3.52. The number of carbonyl (C=O) groups is 1. The van der Waals surface area contributed by atoms with Gasteiger partial charge in [0.05, 0.1) is 18.7 Å². The number of aromatic nitrogens is 2. The SMILES string of the molecule is Cn1cncc1C(=O)ON=Cc1ccccc1Br. The fourth-order valence-electron chi connectivity index (χ4n) is 1.31. The molecular weight excluding hydrogens is 298 g/mol. The molecule has 0 bridgehead atoms. The minimum atomic E-state index is -0.543. The number of oxime groups is 1. The van der Waals surface area contributed by atoms with Gasteiger partial charge in [-0.2, -0.15) is 0 Å². The number of hydrogen-bond donors (Lipinski definition) is 0. The second kappa shape index (κ2) is 5.59. The van der Waals surface area contributed by atoms with Gasteiger partial charge in [-0.3, -0.25) is 0 Å². The number of carbonyl (C=O) groups excluding carboxylic acids is 1. The Bertz CT molecular complexity index is 593. The Morgan fingerprint density at radius 3 is 2.94 bits per heavy atom. The van der Waals surface area contributed by atoms with Crippen LogP contribution in [0.15, 0.2) is 46.4 Å². The van der Waals surface area contributed by atoms with Crippen LogP contribution in [0.2, 0.25) is 0 Å². The highest BCUT2D eigenvalue weighted by Crippen LogP contribution is 2.13. The van der Waals surface area contributed by atoms with E-state index >= 15 is 0 Å². The third kappa shape index (κ3) is 2.84. The van der Waals surface area contributed by atoms with Crippen molar-refractivity contribution in [2.45, 2.75) is 0 Å². The molecule has 1 heterocycles. The standard InChI is InChI=1S/C12H10BrN3O2/c1-16-8-14-7-11(16)12(17)18-15-6-9-4-2-3-5-10(9)13/h2-8H,1H3. The summed E-state index contributed by atoms with van der Waals surface area (Å²) in [6.07, 6.45) is 4.42. The molecule has 0 radical (unpaired) electrons. The molecule has 0 unspecified atom stereocenters. The van der Waals surface area contributed by atoms with Gasteiger partial charge in [-0.05, 0) is 6.07 Å². The van der Waals surface area contributed by atoms with E-state index in [-0.39, 0.29) is 0 Å². The highest BCUT2D eigenvalue weighted by Gasteiger charge is 2.10. The van der Waals surface area contributed by atoms with E-state index < -0.39 is 5.97 Å². The lowest BCUT2D eigenvalue weighted by Crippen LogP contribution is -2.06. The van der Waals surface area contributed by atoms with E-state index in [1.54, 1.807) is 11.6 Å². The van der Waals surface area contributed by atoms with E-state index in [2.05, 4.69) is 26.1 Å². The van der Waals surface area contributed by atoms with E-state index in [0.29, 0.717) is 5.69 Å². The second-order valence-corrected chi connectivity index (χ2v) is 4.38. The molecule has 0 spiro atoms. The molecule has 5 nitrogen and oxygen atoms in total. The number of imidazole rings is 1. The minimum absolute atomic E-state index is 0.347. The molecular formula is C12H10BrN3O2. The molecule has 0 saturated heterocycles. The Labute approximate surface area is 112 Å². The zero-order valence-corrected chi connectivity index (χ0v) is 11.2. The first-order valence-electron chi connectivity index (χ1n) is 5.14. The highest BCUT2D eigenvalue weighted by atomic mass is 79.9. The maximum Gasteiger partial charge on any atom is 0.383 e. The molecule has 0 aliphatic heterocycles. The molecule has 6 heteroatoms. The molecule has 18 heavy (non-hydrogen) atoms. The number of nitrogens with zero attached hydrogens (tertiary/aromatic N) is 3. The molecule has 0 fully saturated rings. The van der Waals surface area contributed by atoms with Crippen LogP contribution in [-0.4, -0.2) is 21.7 Å². The summed E-state index contributed by atoms with van der Waals surface area (Å²) in [5.41, 5.74) is 1.18. The molecule has 92 valence electrons. The van der Waals surface area contributed by atoms with Gasteiger partial charge < -0.3 is 9.40 Å². The van der Waals surface area contributed by atoms with Gasteiger partial charge in [0.2, 0.25) is 0 Å². The van der Waals surface area contributed by atoms with Crippen molar-refractivity contribution < 1.29 is 9.63 Å². The normalized spacial score (nSPS) is 10.8. The quantitative estimate of drug-likeness (QED) is 0.497. The predicted octanol–water partition coefficient (Wildman–Crippen LogP) is 2.37. The van der Waals surface area contributed by atoms with Crippen LogP contribution in [0.5, 0.6) is 0 Å². The fraction of sp³-hybridized carbons (Fsp3) is 0.0833. The summed E-state index contributed by atoms with van der Waals surface area (Å²) in [5, 5.41) is 3.65. The zero-order valence-electron chi connectivity index (χ0n) is 9.58. The van der Waals surface area contributed by atoms with Crippen molar-refractivity contribution >= 4 is 28.1 Å². The predicted molar refractivity (Wildman–Crippen MR) is 70.4 cm³/mol. The first kappa shape index (κ1) is 12.5. The molecule has 2 aromatic rings. The summed E-state index contributed by atoms with van der Waals surface area (Å²) in [4.78, 5) is 20.2. The summed E-state index contributed by atoms with van der Waals surface area (Å²) in [6, 6.07) is 7.49. The molecule has 0 atom stereocenters. The molecule has 1 aromatic heterocycles. The summed E-state index contributed by atoms with van der Waals surface area (Å²) >= 11 is 3.37. The van der Waals surface area contributed by atoms with Crippen LogP contribution in [0, 0.1) is 0 Å². The van der Waals surface area contributed by atoms with Crippen LogP contribution in [0.1, 0.15) is 16.1 Å². The first-order valence-corrected chi connectivity index (χ1v) is 5.93. The van der Waals surface area contributed by atoms with Gasteiger partial charge in [-0.1, -0.05) is 39.3 Å². The molecule has 0 saturated carbocycles. The molecule has 0 amide bonds. The summed E-state index contributed by atoms with van der Waals surface area (Å²) < 4.78 is 2.45. The van der Waals surface area contributed by atoms with Gasteiger partial charge in [0.15, 0.2) is 0 Å². The van der Waals surface area contributed by atoms with Crippen molar-refractivity contribution in [2.75, 3.05) is 0 Å². The van der Waals surface area contributed by atoms with E-state index in [1.807, 2.05) is 24.3 Å². The molecule has 1 aromatic carbocycles. The molecule has 0 N–H and O–H groups in total. The van der Waals surface area contributed by atoms with Crippen molar-refractivity contribution in [2.24, 2.45) is 12.2 Å². The highest BCUT2D eigenvalue weighted by molar-refractivity contribution is 9.10. The van der Waals surface area contributed by atoms with Crippen molar-refractivity contribution in [1.29, 1.82) is 0 Å². The van der Waals surface area contributed by atoms with Gasteiger partial charge in [0, 0.05) is 17.1 Å². The topological polar surface area (TPSA) is 56.5 Å². The molecule has 0 aliphatic rings. The fourth-order valence-corrected chi connectivity index (χ4v) is 1.70. The largest absolute Gasteiger partial charge is 0.383 e. The maximum absolute atomic E-state index is 11.6. The number of halogens is 1. The number of hydrogen-bond acceptors (Lipinski definition) is 4. The average Bonchev–Trinajstić information content (AvgIpc) is 2.78. The summed E-state index contributed by atoms with van der Waals surface area (Å²) in [6.45, 7) is 0. The number of aryl methyl sites for hydroxylation is 1. The van der Waals surface area contributed by atoms with Gasteiger partial charge in [0.1, 0.15) is 5.69 Å². The van der Waals surface area contributed by atoms with E-state index in [0.717, 1.165) is 10.0 Å². The van der Waals surface area contributed by atoms with Gasteiger partial charge in [-0.25, -0.2) is 9.78 Å². The Hall–Kier alpha value is -1.95. The number of benzene rings is 1. The maximum atomic E-state index is 11.6. The van der Waals surface area contributed by atoms with Gasteiger partial charge in [-0.15, -0.1) is 0 Å². The van der Waals surface area contributed by atoms with E-state index in [9.17, 15) is 4.79 Å². The van der Waals surface area contributed by atoms with Crippen molar-refractivity contribution in [3.63, 3.8) is 0 Å². The van der Waals surface area contributed by atoms with Crippen molar-refractivity contribution in [3.05, 3.63) is 52.5 Å². The number of rotatable bonds is 3. The lowest BCUT2D eigenvalue weighted by molar-refractivity contribution is 0.0508. The average molecular weight is 308 g/mol. The monoisotopic (exact) mass is 307 g/mol. The Morgan fingerprint density at radius 1 is 1.50 bits per heavy atom. The van der Waals surface area contributed by atoms with E-state index in [1.165, 1.54) is 18.7 Å². The van der Waals surface area contributed by atoms with Crippen LogP contribution >= 0.6 is 15.9 Å². The van der Waals surface area contributed by atoms with Crippen LogP contribution in [0.4, 0.5) is 0 Å². The summed E-state index contributed by atoms with van der Waals surface area (Å²) in [7, 11) is 1.71. The van der Waals surface area contributed by atoms with Crippen LogP contribution < -0.4 is 0 Å². The van der Waals surface area contributed by atoms with Crippen LogP contribution in [0.25, 0.3) is 0 Å². The van der Waals surface area contributed by atoms with Crippen LogP contribution in [0.3, 0.4) is 0 Å². The van der Waals surface area contributed by atoms with Crippen LogP contribution in [-0.2, 0) is 11.9 Å². The minimum Gasteiger partial charge on any atom is -0.328 e. The van der Waals surface area contributed by atoms with Crippen molar-refractivity contribution in [3.8, 4) is 0 Å². The third-order valence-corrected chi connectivity index (χ3v) is 2.98. The summed E-state index contributed by atoms with van der Waals surface area (Å²) in [5.74, 6) is -0.543. The Morgan fingerprint density at radius 2 is 2.28 bits per heavy atom. The Kier molecular flexibility index (Phi) is 3.88. The smallest absolute Gasteiger partial charge is 0.328 e. The third-order valence-electron chi connectivity index (χ3n) is 2.26. The lowest BCUT2D eigenvalue weighted by Gasteiger charge is -1.98. The molecule has 2 rings (SSSR count). The van der Waals surface area contributed by atoms with Gasteiger partial charge in [0.25, 0.3) is 0 Å². The zero-order chi connectivity index (χ0) is 13.0.